The molecule has 0 aromatic heterocycles. The Balaban J connectivity index is 2.39. The quantitative estimate of drug-likeness (QED) is 0.769. The number of carboxylic acids is 1. The molecule has 0 spiro atoms. The lowest BCUT2D eigenvalue weighted by molar-refractivity contribution is -0.139. The number of nitrogens with one attached hydrogen (secondary N) is 1. The van der Waals surface area contributed by atoms with Crippen molar-refractivity contribution in [3.63, 3.8) is 0 Å². The van der Waals surface area contributed by atoms with Gasteiger partial charge in [-0.05, 0) is 45.3 Å². The standard InChI is InChI=1S/C14H27N3O3/c1-4-5-12(13(18)19)15-14(20)17(3)10-11-6-8-16(2)9-7-11/h11-12H,4-10H2,1-3H3,(H,15,20)(H,18,19). The molecule has 1 aliphatic rings. The summed E-state index contributed by atoms with van der Waals surface area (Å²) >= 11 is 0. The van der Waals surface area contributed by atoms with E-state index in [-0.39, 0.29) is 6.03 Å². The second-order valence-corrected chi connectivity index (χ2v) is 5.76. The van der Waals surface area contributed by atoms with Crippen LogP contribution >= 0.6 is 0 Å². The maximum Gasteiger partial charge on any atom is 0.326 e. The van der Waals surface area contributed by atoms with Crippen LogP contribution in [0.4, 0.5) is 4.79 Å². The van der Waals surface area contributed by atoms with Crippen LogP contribution in [0.15, 0.2) is 0 Å². The Labute approximate surface area is 121 Å². The average molecular weight is 285 g/mol. The number of nitrogens with zero attached hydrogens (tertiary/aromatic N) is 2. The molecule has 1 unspecified atom stereocenters. The van der Waals surface area contributed by atoms with Gasteiger partial charge in [0.25, 0.3) is 0 Å². The first-order valence-electron chi connectivity index (χ1n) is 7.37. The first kappa shape index (κ1) is 16.8. The zero-order chi connectivity index (χ0) is 15.1. The number of piperidine rings is 1. The van der Waals surface area contributed by atoms with E-state index >= 15 is 0 Å². The highest BCUT2D eigenvalue weighted by molar-refractivity contribution is 5.82. The van der Waals surface area contributed by atoms with E-state index in [0.717, 1.165) is 32.4 Å². The lowest BCUT2D eigenvalue weighted by atomic mass is 9.97. The Morgan fingerprint density at radius 3 is 2.50 bits per heavy atom. The maximum atomic E-state index is 12.0. The topological polar surface area (TPSA) is 72.9 Å². The van der Waals surface area contributed by atoms with Gasteiger partial charge in [-0.15, -0.1) is 0 Å². The third-order valence-electron chi connectivity index (χ3n) is 3.89. The van der Waals surface area contributed by atoms with Gasteiger partial charge < -0.3 is 20.2 Å². The number of amides is 2. The molecule has 2 amide bonds. The molecule has 0 aromatic carbocycles. The fraction of sp³-hybridized carbons (Fsp3) is 0.857. The van der Waals surface area contributed by atoms with E-state index in [1.165, 1.54) is 0 Å². The second kappa shape index (κ2) is 8.09. The van der Waals surface area contributed by atoms with Gasteiger partial charge in [0, 0.05) is 13.6 Å². The van der Waals surface area contributed by atoms with Gasteiger partial charge in [-0.2, -0.15) is 0 Å². The largest absolute Gasteiger partial charge is 0.480 e. The van der Waals surface area contributed by atoms with Gasteiger partial charge >= 0.3 is 12.0 Å². The molecular weight excluding hydrogens is 258 g/mol. The number of aliphatic carboxylic acids is 1. The number of carbonyl (C=O) groups excluding carboxylic acids is 1. The number of likely N-dealkylation sites (tertiary alicyclic amines) is 1. The van der Waals surface area contributed by atoms with Gasteiger partial charge in [0.1, 0.15) is 6.04 Å². The number of hydrogen-bond acceptors (Lipinski definition) is 3. The molecule has 116 valence electrons. The molecule has 0 aliphatic carbocycles. The Bertz CT molecular complexity index is 328. The predicted molar refractivity (Wildman–Crippen MR) is 77.7 cm³/mol. The summed E-state index contributed by atoms with van der Waals surface area (Å²) in [5.41, 5.74) is 0. The van der Waals surface area contributed by atoms with Crippen LogP contribution in [0.3, 0.4) is 0 Å². The minimum absolute atomic E-state index is 0.287. The molecule has 1 rings (SSSR count). The first-order valence-corrected chi connectivity index (χ1v) is 7.37. The number of hydrogen-bond donors (Lipinski definition) is 2. The van der Waals surface area contributed by atoms with Crippen molar-refractivity contribution in [3.8, 4) is 0 Å². The summed E-state index contributed by atoms with van der Waals surface area (Å²) in [7, 11) is 3.84. The molecule has 2 N–H and O–H groups in total. The average Bonchev–Trinajstić information content (AvgIpc) is 2.40. The van der Waals surface area contributed by atoms with Crippen LogP contribution < -0.4 is 5.32 Å². The minimum Gasteiger partial charge on any atom is -0.480 e. The zero-order valence-electron chi connectivity index (χ0n) is 12.8. The number of urea groups is 1. The van der Waals surface area contributed by atoms with E-state index in [2.05, 4.69) is 17.3 Å². The summed E-state index contributed by atoms with van der Waals surface area (Å²) in [4.78, 5) is 26.9. The Morgan fingerprint density at radius 1 is 1.40 bits per heavy atom. The van der Waals surface area contributed by atoms with Crippen molar-refractivity contribution >= 4 is 12.0 Å². The van der Waals surface area contributed by atoms with Crippen molar-refractivity contribution in [2.45, 2.75) is 38.6 Å². The van der Waals surface area contributed by atoms with Crippen molar-refractivity contribution in [2.75, 3.05) is 33.7 Å². The fourth-order valence-corrected chi connectivity index (χ4v) is 2.52. The fourth-order valence-electron chi connectivity index (χ4n) is 2.52. The molecule has 0 bridgehead atoms. The molecular formula is C14H27N3O3. The van der Waals surface area contributed by atoms with Gasteiger partial charge in [-0.25, -0.2) is 9.59 Å². The summed E-state index contributed by atoms with van der Waals surface area (Å²) in [5, 5.41) is 11.6. The van der Waals surface area contributed by atoms with Crippen molar-refractivity contribution in [2.24, 2.45) is 5.92 Å². The van der Waals surface area contributed by atoms with Crippen LogP contribution in [-0.4, -0.2) is 66.7 Å². The van der Waals surface area contributed by atoms with Crippen LogP contribution in [0.1, 0.15) is 32.6 Å². The van der Waals surface area contributed by atoms with E-state index in [1.54, 1.807) is 11.9 Å². The van der Waals surface area contributed by atoms with E-state index in [1.807, 2.05) is 6.92 Å². The molecule has 0 saturated carbocycles. The van der Waals surface area contributed by atoms with Crippen molar-refractivity contribution in [1.82, 2.24) is 15.1 Å². The van der Waals surface area contributed by atoms with E-state index in [4.69, 9.17) is 5.11 Å². The highest BCUT2D eigenvalue weighted by atomic mass is 16.4. The molecule has 1 fully saturated rings. The molecule has 6 nitrogen and oxygen atoms in total. The van der Waals surface area contributed by atoms with Crippen LogP contribution in [0.2, 0.25) is 0 Å². The summed E-state index contributed by atoms with van der Waals surface area (Å²) in [6.07, 6.45) is 3.37. The Morgan fingerprint density at radius 2 is 2.00 bits per heavy atom. The Kier molecular flexibility index (Phi) is 6.78. The van der Waals surface area contributed by atoms with Gasteiger partial charge in [0.15, 0.2) is 0 Å². The lowest BCUT2D eigenvalue weighted by Crippen LogP contribution is -2.48. The van der Waals surface area contributed by atoms with Crippen LogP contribution in [0.25, 0.3) is 0 Å². The maximum absolute atomic E-state index is 12.0. The van der Waals surface area contributed by atoms with Crippen molar-refractivity contribution in [1.29, 1.82) is 0 Å². The Hall–Kier alpha value is -1.30. The van der Waals surface area contributed by atoms with Crippen molar-refractivity contribution in [3.05, 3.63) is 0 Å². The molecule has 1 heterocycles. The lowest BCUT2D eigenvalue weighted by Gasteiger charge is -2.32. The summed E-state index contributed by atoms with van der Waals surface area (Å²) in [5.74, 6) is -0.454. The predicted octanol–water partition coefficient (Wildman–Crippen LogP) is 1.22. The van der Waals surface area contributed by atoms with E-state index in [0.29, 0.717) is 18.9 Å². The highest BCUT2D eigenvalue weighted by Gasteiger charge is 2.23. The molecule has 0 aromatic rings. The third-order valence-corrected chi connectivity index (χ3v) is 3.89. The van der Waals surface area contributed by atoms with Gasteiger partial charge in [-0.3, -0.25) is 0 Å². The van der Waals surface area contributed by atoms with Gasteiger partial charge in [0.05, 0.1) is 0 Å². The van der Waals surface area contributed by atoms with Crippen LogP contribution in [-0.2, 0) is 4.79 Å². The van der Waals surface area contributed by atoms with Crippen LogP contribution in [0.5, 0.6) is 0 Å². The second-order valence-electron chi connectivity index (χ2n) is 5.76. The minimum atomic E-state index is -0.965. The van der Waals surface area contributed by atoms with E-state index < -0.39 is 12.0 Å². The number of rotatable bonds is 6. The monoisotopic (exact) mass is 285 g/mol. The molecule has 0 radical (unpaired) electrons. The van der Waals surface area contributed by atoms with Crippen molar-refractivity contribution < 1.29 is 14.7 Å². The molecule has 6 heteroatoms. The van der Waals surface area contributed by atoms with E-state index in [9.17, 15) is 9.59 Å². The highest BCUT2D eigenvalue weighted by Crippen LogP contribution is 2.16. The van der Waals surface area contributed by atoms with Gasteiger partial charge in [-0.1, -0.05) is 13.3 Å². The zero-order valence-corrected chi connectivity index (χ0v) is 12.8. The molecule has 1 atom stereocenters. The molecule has 1 saturated heterocycles. The summed E-state index contributed by atoms with van der Waals surface area (Å²) in [6, 6.07) is -1.07. The van der Waals surface area contributed by atoms with Crippen LogP contribution in [0, 0.1) is 5.92 Å². The normalized spacial score (nSPS) is 18.6. The smallest absolute Gasteiger partial charge is 0.326 e. The molecule has 1 aliphatic heterocycles. The summed E-state index contributed by atoms with van der Waals surface area (Å²) in [6.45, 7) is 4.73. The third kappa shape index (κ3) is 5.36. The van der Waals surface area contributed by atoms with Gasteiger partial charge in [0.2, 0.25) is 0 Å². The first-order chi connectivity index (χ1) is 9.43. The number of carbonyl (C=O) groups is 2. The number of carboxylic acid groups (broad SMARTS) is 1. The summed E-state index contributed by atoms with van der Waals surface area (Å²) < 4.78 is 0. The molecule has 20 heavy (non-hydrogen) atoms. The SMILES string of the molecule is CCCC(NC(=O)N(C)CC1CCN(C)CC1)C(=O)O.